The first kappa shape index (κ1) is 8.69. The van der Waals surface area contributed by atoms with E-state index in [-0.39, 0.29) is 5.75 Å². The molecule has 0 spiro atoms. The molecule has 0 aliphatic rings. The van der Waals surface area contributed by atoms with E-state index < -0.39 is 0 Å². The van der Waals surface area contributed by atoms with Gasteiger partial charge in [-0.05, 0) is 24.3 Å². The minimum atomic E-state index is 0.221. The standard InChI is InChI=1S/C11H10N2O/c14-11-5-3-7-13-10(11)8-9-4-1-2-6-12-9/h1-7,14H,8H2. The first-order valence-electron chi connectivity index (χ1n) is 4.39. The third-order valence-corrected chi connectivity index (χ3v) is 1.94. The van der Waals surface area contributed by atoms with Crippen molar-refractivity contribution in [1.29, 1.82) is 0 Å². The summed E-state index contributed by atoms with van der Waals surface area (Å²) in [7, 11) is 0. The SMILES string of the molecule is Oc1cccnc1Cc1ccccn1. The van der Waals surface area contributed by atoms with E-state index in [4.69, 9.17) is 0 Å². The maximum Gasteiger partial charge on any atom is 0.137 e. The zero-order valence-electron chi connectivity index (χ0n) is 7.59. The molecule has 0 amide bonds. The minimum absolute atomic E-state index is 0.221. The van der Waals surface area contributed by atoms with E-state index in [0.29, 0.717) is 12.1 Å². The highest BCUT2D eigenvalue weighted by Gasteiger charge is 2.02. The molecule has 0 unspecified atom stereocenters. The fourth-order valence-electron chi connectivity index (χ4n) is 1.24. The Morgan fingerprint density at radius 1 is 1.00 bits per heavy atom. The Morgan fingerprint density at radius 2 is 1.86 bits per heavy atom. The summed E-state index contributed by atoms with van der Waals surface area (Å²) >= 11 is 0. The monoisotopic (exact) mass is 186 g/mol. The predicted molar refractivity (Wildman–Crippen MR) is 52.9 cm³/mol. The van der Waals surface area contributed by atoms with Crippen LogP contribution in [0, 0.1) is 0 Å². The number of pyridine rings is 2. The Labute approximate surface area is 82.1 Å². The number of hydrogen-bond acceptors (Lipinski definition) is 3. The summed E-state index contributed by atoms with van der Waals surface area (Å²) < 4.78 is 0. The number of aromatic hydroxyl groups is 1. The fraction of sp³-hybridized carbons (Fsp3) is 0.0909. The fourth-order valence-corrected chi connectivity index (χ4v) is 1.24. The predicted octanol–water partition coefficient (Wildman–Crippen LogP) is 1.77. The van der Waals surface area contributed by atoms with Gasteiger partial charge in [0.25, 0.3) is 0 Å². The van der Waals surface area contributed by atoms with Gasteiger partial charge in [0, 0.05) is 24.5 Å². The lowest BCUT2D eigenvalue weighted by molar-refractivity contribution is 0.465. The molecular weight excluding hydrogens is 176 g/mol. The second kappa shape index (κ2) is 3.87. The molecule has 14 heavy (non-hydrogen) atoms. The summed E-state index contributed by atoms with van der Waals surface area (Å²) in [4.78, 5) is 8.25. The second-order valence-corrected chi connectivity index (χ2v) is 2.97. The molecule has 0 saturated carbocycles. The van der Waals surface area contributed by atoms with Crippen molar-refractivity contribution in [3.8, 4) is 5.75 Å². The summed E-state index contributed by atoms with van der Waals surface area (Å²) in [6.07, 6.45) is 3.96. The molecule has 0 aromatic carbocycles. The van der Waals surface area contributed by atoms with Gasteiger partial charge in [-0.2, -0.15) is 0 Å². The van der Waals surface area contributed by atoms with Crippen LogP contribution >= 0.6 is 0 Å². The molecule has 0 radical (unpaired) electrons. The Kier molecular flexibility index (Phi) is 2.40. The molecule has 0 atom stereocenters. The van der Waals surface area contributed by atoms with Gasteiger partial charge in [-0.25, -0.2) is 0 Å². The first-order chi connectivity index (χ1) is 6.86. The molecule has 2 aromatic rings. The van der Waals surface area contributed by atoms with Gasteiger partial charge in [0.1, 0.15) is 5.75 Å². The van der Waals surface area contributed by atoms with Crippen molar-refractivity contribution < 1.29 is 5.11 Å². The maximum absolute atomic E-state index is 9.48. The molecule has 2 rings (SSSR count). The number of rotatable bonds is 2. The van der Waals surface area contributed by atoms with Crippen LogP contribution in [-0.2, 0) is 6.42 Å². The van der Waals surface area contributed by atoms with Gasteiger partial charge in [0.15, 0.2) is 0 Å². The van der Waals surface area contributed by atoms with Crippen molar-refractivity contribution in [1.82, 2.24) is 9.97 Å². The zero-order valence-corrected chi connectivity index (χ0v) is 7.59. The van der Waals surface area contributed by atoms with Crippen LogP contribution < -0.4 is 0 Å². The third-order valence-electron chi connectivity index (χ3n) is 1.94. The van der Waals surface area contributed by atoms with Gasteiger partial charge >= 0.3 is 0 Å². The third kappa shape index (κ3) is 1.88. The summed E-state index contributed by atoms with van der Waals surface area (Å²) in [5.41, 5.74) is 1.56. The minimum Gasteiger partial charge on any atom is -0.506 e. The maximum atomic E-state index is 9.48. The van der Waals surface area contributed by atoms with Crippen LogP contribution in [0.1, 0.15) is 11.4 Å². The Bertz CT molecular complexity index is 415. The van der Waals surface area contributed by atoms with Crippen molar-refractivity contribution in [2.24, 2.45) is 0 Å². The Balaban J connectivity index is 2.24. The molecule has 3 nitrogen and oxygen atoms in total. The van der Waals surface area contributed by atoms with Crippen molar-refractivity contribution in [2.45, 2.75) is 6.42 Å². The second-order valence-electron chi connectivity index (χ2n) is 2.97. The van der Waals surface area contributed by atoms with Crippen LogP contribution in [0.25, 0.3) is 0 Å². The topological polar surface area (TPSA) is 46.0 Å². The van der Waals surface area contributed by atoms with Crippen LogP contribution in [-0.4, -0.2) is 15.1 Å². The highest BCUT2D eigenvalue weighted by atomic mass is 16.3. The number of hydrogen-bond donors (Lipinski definition) is 1. The van der Waals surface area contributed by atoms with E-state index in [1.165, 1.54) is 0 Å². The average Bonchev–Trinajstić information content (AvgIpc) is 2.23. The highest BCUT2D eigenvalue weighted by Crippen LogP contribution is 2.15. The molecule has 0 aliphatic heterocycles. The Hall–Kier alpha value is -1.90. The van der Waals surface area contributed by atoms with Crippen molar-refractivity contribution in [2.75, 3.05) is 0 Å². The lowest BCUT2D eigenvalue weighted by Crippen LogP contribution is -1.94. The lowest BCUT2D eigenvalue weighted by atomic mass is 10.2. The molecule has 0 bridgehead atoms. The van der Waals surface area contributed by atoms with E-state index in [1.807, 2.05) is 18.2 Å². The van der Waals surface area contributed by atoms with Crippen molar-refractivity contribution >= 4 is 0 Å². The summed E-state index contributed by atoms with van der Waals surface area (Å²) in [5, 5.41) is 9.48. The highest BCUT2D eigenvalue weighted by molar-refractivity contribution is 5.28. The van der Waals surface area contributed by atoms with Gasteiger partial charge in [0.2, 0.25) is 0 Å². The largest absolute Gasteiger partial charge is 0.506 e. The van der Waals surface area contributed by atoms with Gasteiger partial charge in [-0.1, -0.05) is 6.07 Å². The number of nitrogens with zero attached hydrogens (tertiary/aromatic N) is 2. The Morgan fingerprint density at radius 3 is 2.57 bits per heavy atom. The molecule has 3 heteroatoms. The van der Waals surface area contributed by atoms with Crippen LogP contribution in [0.4, 0.5) is 0 Å². The van der Waals surface area contributed by atoms with E-state index in [2.05, 4.69) is 9.97 Å². The molecule has 2 heterocycles. The van der Waals surface area contributed by atoms with Crippen LogP contribution in [0.3, 0.4) is 0 Å². The summed E-state index contributed by atoms with van der Waals surface area (Å²) in [6, 6.07) is 9.03. The molecule has 70 valence electrons. The van der Waals surface area contributed by atoms with Crippen molar-refractivity contribution in [3.63, 3.8) is 0 Å². The lowest BCUT2D eigenvalue weighted by Gasteiger charge is -2.01. The van der Waals surface area contributed by atoms with E-state index in [0.717, 1.165) is 5.69 Å². The zero-order chi connectivity index (χ0) is 9.80. The van der Waals surface area contributed by atoms with E-state index in [1.54, 1.807) is 24.5 Å². The van der Waals surface area contributed by atoms with E-state index in [9.17, 15) is 5.11 Å². The van der Waals surface area contributed by atoms with Crippen LogP contribution in [0.15, 0.2) is 42.7 Å². The average molecular weight is 186 g/mol. The molecule has 0 fully saturated rings. The molecular formula is C11H10N2O. The molecule has 0 aliphatic carbocycles. The van der Waals surface area contributed by atoms with Crippen molar-refractivity contribution in [3.05, 3.63) is 54.1 Å². The van der Waals surface area contributed by atoms with E-state index >= 15 is 0 Å². The van der Waals surface area contributed by atoms with Crippen LogP contribution in [0.5, 0.6) is 5.75 Å². The quantitative estimate of drug-likeness (QED) is 0.777. The van der Waals surface area contributed by atoms with Gasteiger partial charge in [-0.3, -0.25) is 9.97 Å². The van der Waals surface area contributed by atoms with Gasteiger partial charge < -0.3 is 5.11 Å². The van der Waals surface area contributed by atoms with Crippen LogP contribution in [0.2, 0.25) is 0 Å². The smallest absolute Gasteiger partial charge is 0.137 e. The summed E-state index contributed by atoms with van der Waals surface area (Å²) in [6.45, 7) is 0. The number of aromatic nitrogens is 2. The van der Waals surface area contributed by atoms with Gasteiger partial charge in [0.05, 0.1) is 5.69 Å². The molecule has 1 N–H and O–H groups in total. The summed E-state index contributed by atoms with van der Waals surface area (Å²) in [5.74, 6) is 0.221. The molecule has 2 aromatic heterocycles. The van der Waals surface area contributed by atoms with Gasteiger partial charge in [-0.15, -0.1) is 0 Å². The normalized spacial score (nSPS) is 10.0. The molecule has 0 saturated heterocycles. The first-order valence-corrected chi connectivity index (χ1v) is 4.39.